The Bertz CT molecular complexity index is 805. The Labute approximate surface area is 168 Å². The number of benzene rings is 2. The van der Waals surface area contributed by atoms with Crippen molar-refractivity contribution >= 4 is 5.91 Å². The molecule has 0 spiro atoms. The molecule has 4 nitrogen and oxygen atoms in total. The fourth-order valence-corrected chi connectivity index (χ4v) is 4.48. The summed E-state index contributed by atoms with van der Waals surface area (Å²) in [5.41, 5.74) is 11.8. The molecule has 2 atom stereocenters. The largest absolute Gasteiger partial charge is 0.342 e. The Kier molecular flexibility index (Phi) is 6.08. The zero-order valence-corrected chi connectivity index (χ0v) is 16.8. The molecule has 4 heteroatoms. The van der Waals surface area contributed by atoms with Crippen LogP contribution in [0.3, 0.4) is 0 Å². The molecule has 2 unspecified atom stereocenters. The topological polar surface area (TPSA) is 44.4 Å². The highest BCUT2D eigenvalue weighted by atomic mass is 16.2. The van der Waals surface area contributed by atoms with Crippen molar-refractivity contribution in [2.45, 2.75) is 57.0 Å². The first-order valence-electron chi connectivity index (χ1n) is 10.6. The molecule has 4 rings (SSSR count). The molecular formula is C24H31N3O. The molecule has 0 radical (unpaired) electrons. The maximum Gasteiger partial charge on any atom is 0.253 e. The third kappa shape index (κ3) is 4.45. The average Bonchev–Trinajstić information content (AvgIpc) is 3.22. The molecule has 1 saturated heterocycles. The molecule has 0 bridgehead atoms. The Morgan fingerprint density at radius 1 is 1.04 bits per heavy atom. The molecule has 1 fully saturated rings. The number of carbonyl (C=O) groups excluding carboxylic acids is 1. The van der Waals surface area contributed by atoms with Crippen molar-refractivity contribution in [1.29, 1.82) is 0 Å². The normalized spacial score (nSPS) is 21.3. The lowest BCUT2D eigenvalue weighted by molar-refractivity contribution is 0.0791. The summed E-state index contributed by atoms with van der Waals surface area (Å²) >= 11 is 0. The van der Waals surface area contributed by atoms with E-state index in [1.807, 2.05) is 18.0 Å². The monoisotopic (exact) mass is 377 g/mol. The van der Waals surface area contributed by atoms with Gasteiger partial charge in [0.25, 0.3) is 5.91 Å². The minimum absolute atomic E-state index is 0.146. The van der Waals surface area contributed by atoms with Gasteiger partial charge in [-0.3, -0.25) is 15.6 Å². The number of amides is 1. The molecule has 28 heavy (non-hydrogen) atoms. The zero-order valence-electron chi connectivity index (χ0n) is 16.8. The first kappa shape index (κ1) is 19.2. The van der Waals surface area contributed by atoms with Gasteiger partial charge in [-0.05, 0) is 73.8 Å². The molecule has 148 valence electrons. The Balaban J connectivity index is 1.24. The van der Waals surface area contributed by atoms with Crippen LogP contribution in [0.2, 0.25) is 0 Å². The van der Waals surface area contributed by atoms with Gasteiger partial charge in [0.05, 0.1) is 0 Å². The number of rotatable bonds is 6. The second-order valence-electron chi connectivity index (χ2n) is 8.24. The lowest BCUT2D eigenvalue weighted by Crippen LogP contribution is -2.32. The fraction of sp³-hybridized carbons (Fsp3) is 0.458. The van der Waals surface area contributed by atoms with Crippen LogP contribution in [0, 0.1) is 0 Å². The molecule has 2 N–H and O–H groups in total. The van der Waals surface area contributed by atoms with Gasteiger partial charge in [0.2, 0.25) is 0 Å². The quantitative estimate of drug-likeness (QED) is 0.799. The number of nitrogens with one attached hydrogen (secondary N) is 2. The standard InChI is InChI=1S/C24H31N3O/c1-27(24(28)21-14-13-18-8-5-6-11-20(18)16-21)15-7-12-22-17-23(26-25-22)19-9-3-2-4-10-19/h2-4,9-10,13-14,16,22-23,25-26H,5-8,11-12,15,17H2,1H3. The molecule has 2 aromatic carbocycles. The maximum atomic E-state index is 12.8. The summed E-state index contributed by atoms with van der Waals surface area (Å²) in [4.78, 5) is 14.7. The summed E-state index contributed by atoms with van der Waals surface area (Å²) in [5.74, 6) is 0.146. The molecule has 1 amide bonds. The highest BCUT2D eigenvalue weighted by Gasteiger charge is 2.24. The van der Waals surface area contributed by atoms with E-state index in [9.17, 15) is 4.79 Å². The van der Waals surface area contributed by atoms with Crippen LogP contribution in [-0.2, 0) is 12.8 Å². The van der Waals surface area contributed by atoms with Gasteiger partial charge >= 0.3 is 0 Å². The zero-order chi connectivity index (χ0) is 19.3. The predicted molar refractivity (Wildman–Crippen MR) is 113 cm³/mol. The third-order valence-electron chi connectivity index (χ3n) is 6.17. The van der Waals surface area contributed by atoms with Crippen LogP contribution in [0.5, 0.6) is 0 Å². The van der Waals surface area contributed by atoms with E-state index < -0.39 is 0 Å². The van der Waals surface area contributed by atoms with Gasteiger partial charge in [-0.1, -0.05) is 36.4 Å². The smallest absolute Gasteiger partial charge is 0.253 e. The Morgan fingerprint density at radius 2 is 1.82 bits per heavy atom. The molecule has 2 aromatic rings. The van der Waals surface area contributed by atoms with E-state index in [-0.39, 0.29) is 5.91 Å². The van der Waals surface area contributed by atoms with Crippen LogP contribution in [0.4, 0.5) is 0 Å². The first-order valence-corrected chi connectivity index (χ1v) is 10.6. The van der Waals surface area contributed by atoms with Crippen LogP contribution in [0.15, 0.2) is 48.5 Å². The number of hydrogen-bond donors (Lipinski definition) is 2. The predicted octanol–water partition coefficient (Wildman–Crippen LogP) is 4.03. The van der Waals surface area contributed by atoms with E-state index in [0.29, 0.717) is 12.1 Å². The highest BCUT2D eigenvalue weighted by Crippen LogP contribution is 2.25. The summed E-state index contributed by atoms with van der Waals surface area (Å²) < 4.78 is 0. The van der Waals surface area contributed by atoms with Gasteiger partial charge in [0.15, 0.2) is 0 Å². The lowest BCUT2D eigenvalue weighted by atomic mass is 9.90. The lowest BCUT2D eigenvalue weighted by Gasteiger charge is -2.20. The molecule has 0 aromatic heterocycles. The van der Waals surface area contributed by atoms with Crippen LogP contribution in [0.25, 0.3) is 0 Å². The Morgan fingerprint density at radius 3 is 2.64 bits per heavy atom. The summed E-state index contributed by atoms with van der Waals surface area (Å²) in [7, 11) is 1.93. The van der Waals surface area contributed by atoms with E-state index in [4.69, 9.17) is 0 Å². The highest BCUT2D eigenvalue weighted by molar-refractivity contribution is 5.94. The van der Waals surface area contributed by atoms with Gasteiger partial charge in [-0.25, -0.2) is 0 Å². The van der Waals surface area contributed by atoms with Crippen LogP contribution >= 0.6 is 0 Å². The van der Waals surface area contributed by atoms with Crippen LogP contribution < -0.4 is 10.9 Å². The number of nitrogens with zero attached hydrogens (tertiary/aromatic N) is 1. The van der Waals surface area contributed by atoms with Crippen molar-refractivity contribution in [2.75, 3.05) is 13.6 Å². The van der Waals surface area contributed by atoms with Gasteiger partial charge in [-0.15, -0.1) is 0 Å². The van der Waals surface area contributed by atoms with E-state index in [1.54, 1.807) is 0 Å². The number of hydrazine groups is 1. The summed E-state index contributed by atoms with van der Waals surface area (Å²) in [6.07, 6.45) is 7.95. The van der Waals surface area contributed by atoms with Gasteiger partial charge < -0.3 is 4.90 Å². The number of carbonyl (C=O) groups is 1. The molecule has 1 heterocycles. The number of hydrogen-bond acceptors (Lipinski definition) is 3. The minimum atomic E-state index is 0.146. The fourth-order valence-electron chi connectivity index (χ4n) is 4.48. The van der Waals surface area contributed by atoms with E-state index in [0.717, 1.165) is 44.2 Å². The summed E-state index contributed by atoms with van der Waals surface area (Å²) in [6, 6.07) is 17.7. The number of aryl methyl sites for hydroxylation is 2. The van der Waals surface area contributed by atoms with Gasteiger partial charge in [0.1, 0.15) is 0 Å². The number of fused-ring (bicyclic) bond motifs is 1. The first-order chi connectivity index (χ1) is 13.7. The van der Waals surface area contributed by atoms with Crippen molar-refractivity contribution in [3.63, 3.8) is 0 Å². The second-order valence-corrected chi connectivity index (χ2v) is 8.24. The Hall–Kier alpha value is -2.17. The van der Waals surface area contributed by atoms with Crippen molar-refractivity contribution < 1.29 is 4.79 Å². The van der Waals surface area contributed by atoms with Crippen LogP contribution in [0.1, 0.15) is 65.2 Å². The van der Waals surface area contributed by atoms with Crippen molar-refractivity contribution in [3.8, 4) is 0 Å². The van der Waals surface area contributed by atoms with Crippen molar-refractivity contribution in [2.24, 2.45) is 0 Å². The molecule has 0 saturated carbocycles. The molecule has 1 aliphatic carbocycles. The molecule has 2 aliphatic rings. The van der Waals surface area contributed by atoms with E-state index >= 15 is 0 Å². The third-order valence-corrected chi connectivity index (χ3v) is 6.17. The van der Waals surface area contributed by atoms with E-state index in [1.165, 1.54) is 29.5 Å². The van der Waals surface area contributed by atoms with Crippen molar-refractivity contribution in [3.05, 3.63) is 70.8 Å². The maximum absolute atomic E-state index is 12.8. The van der Waals surface area contributed by atoms with Crippen LogP contribution in [-0.4, -0.2) is 30.4 Å². The average molecular weight is 378 g/mol. The van der Waals surface area contributed by atoms with Gasteiger partial charge in [-0.2, -0.15) is 0 Å². The summed E-state index contributed by atoms with van der Waals surface area (Å²) in [5, 5.41) is 0. The molecule has 1 aliphatic heterocycles. The van der Waals surface area contributed by atoms with Crippen molar-refractivity contribution in [1.82, 2.24) is 15.8 Å². The second kappa shape index (κ2) is 8.89. The van der Waals surface area contributed by atoms with Gasteiger partial charge in [0, 0.05) is 31.2 Å². The minimum Gasteiger partial charge on any atom is -0.342 e. The summed E-state index contributed by atoms with van der Waals surface area (Å²) in [6.45, 7) is 0.796. The SMILES string of the molecule is CN(CCCC1CC(c2ccccc2)NN1)C(=O)c1ccc2c(c1)CCCC2. The molecular weight excluding hydrogens is 346 g/mol. The van der Waals surface area contributed by atoms with E-state index in [2.05, 4.69) is 53.3 Å².